The number of nitrogens with one attached hydrogen (secondary N) is 1. The van der Waals surface area contributed by atoms with Gasteiger partial charge in [0.15, 0.2) is 0 Å². The van der Waals surface area contributed by atoms with E-state index in [1.165, 1.54) is 11.3 Å². The maximum Gasteiger partial charge on any atom is 0.310 e. The average Bonchev–Trinajstić information content (AvgIpc) is 3.15. The summed E-state index contributed by atoms with van der Waals surface area (Å²) in [6.45, 7) is 3.90. The summed E-state index contributed by atoms with van der Waals surface area (Å²) in [5.74, 6) is -0.296. The molecule has 5 nitrogen and oxygen atoms in total. The van der Waals surface area contributed by atoms with Gasteiger partial charge >= 0.3 is 5.97 Å². The van der Waals surface area contributed by atoms with Crippen LogP contribution in [0.2, 0.25) is 5.02 Å². The van der Waals surface area contributed by atoms with E-state index in [4.69, 9.17) is 16.3 Å². The molecule has 2 heterocycles. The number of carbonyl (C=O) groups excluding carboxylic acids is 1. The summed E-state index contributed by atoms with van der Waals surface area (Å²) in [4.78, 5) is 16.5. The second-order valence-corrected chi connectivity index (χ2v) is 6.64. The molecule has 0 atom stereocenters. The summed E-state index contributed by atoms with van der Waals surface area (Å²) in [5, 5.41) is 10.3. The first-order valence-corrected chi connectivity index (χ1v) is 8.65. The molecule has 3 rings (SSSR count). The molecule has 0 radical (unpaired) electrons. The van der Waals surface area contributed by atoms with Crippen LogP contribution in [0.1, 0.15) is 22.6 Å². The van der Waals surface area contributed by atoms with Crippen molar-refractivity contribution in [2.45, 2.75) is 26.9 Å². The third-order valence-electron chi connectivity index (χ3n) is 3.64. The summed E-state index contributed by atoms with van der Waals surface area (Å²) in [7, 11) is 0. The maximum atomic E-state index is 12.0. The molecule has 124 valence electrons. The number of aryl methyl sites for hydroxylation is 2. The van der Waals surface area contributed by atoms with Crippen molar-refractivity contribution >= 4 is 28.9 Å². The molecule has 2 aromatic heterocycles. The molecule has 3 aromatic rings. The monoisotopic (exact) mass is 361 g/mol. The third kappa shape index (κ3) is 3.66. The van der Waals surface area contributed by atoms with Crippen LogP contribution in [0, 0.1) is 13.8 Å². The molecule has 1 N–H and O–H groups in total. The van der Waals surface area contributed by atoms with E-state index >= 15 is 0 Å². The highest BCUT2D eigenvalue weighted by Crippen LogP contribution is 2.30. The van der Waals surface area contributed by atoms with Gasteiger partial charge in [0.2, 0.25) is 0 Å². The number of esters is 1. The Labute approximate surface area is 148 Å². The lowest BCUT2D eigenvalue weighted by Gasteiger charge is -2.03. The molecular weight excluding hydrogens is 346 g/mol. The quantitative estimate of drug-likeness (QED) is 0.695. The fraction of sp³-hybridized carbons (Fsp3) is 0.235. The summed E-state index contributed by atoms with van der Waals surface area (Å²) in [6.07, 6.45) is 0.204. The van der Waals surface area contributed by atoms with Gasteiger partial charge in [0.1, 0.15) is 11.6 Å². The Hall–Kier alpha value is -2.18. The van der Waals surface area contributed by atoms with Crippen molar-refractivity contribution in [1.82, 2.24) is 15.2 Å². The van der Waals surface area contributed by atoms with Crippen molar-refractivity contribution in [2.75, 3.05) is 0 Å². The molecule has 0 aliphatic rings. The van der Waals surface area contributed by atoms with Gasteiger partial charge in [0.25, 0.3) is 0 Å². The molecule has 0 amide bonds. The van der Waals surface area contributed by atoms with E-state index in [0.717, 1.165) is 27.5 Å². The highest BCUT2D eigenvalue weighted by atomic mass is 35.5. The molecule has 7 heteroatoms. The summed E-state index contributed by atoms with van der Waals surface area (Å²) >= 11 is 7.65. The van der Waals surface area contributed by atoms with E-state index in [2.05, 4.69) is 15.2 Å². The number of hydrogen-bond donors (Lipinski definition) is 1. The smallest absolute Gasteiger partial charge is 0.310 e. The van der Waals surface area contributed by atoms with E-state index in [1.54, 1.807) is 0 Å². The second kappa shape index (κ2) is 7.15. The van der Waals surface area contributed by atoms with Crippen molar-refractivity contribution in [3.63, 3.8) is 0 Å². The van der Waals surface area contributed by atoms with Crippen LogP contribution in [0.15, 0.2) is 29.6 Å². The van der Waals surface area contributed by atoms with Gasteiger partial charge in [-0.2, -0.15) is 5.10 Å². The average molecular weight is 362 g/mol. The lowest BCUT2D eigenvalue weighted by Crippen LogP contribution is -2.09. The predicted molar refractivity (Wildman–Crippen MR) is 94.1 cm³/mol. The molecule has 0 saturated carbocycles. The topological polar surface area (TPSA) is 67.9 Å². The van der Waals surface area contributed by atoms with Crippen LogP contribution in [0.3, 0.4) is 0 Å². The van der Waals surface area contributed by atoms with Crippen LogP contribution >= 0.6 is 22.9 Å². The Morgan fingerprint density at radius 3 is 2.83 bits per heavy atom. The number of ether oxygens (including phenoxy) is 1. The Balaban J connectivity index is 1.62. The maximum absolute atomic E-state index is 12.0. The molecule has 0 fully saturated rings. The normalized spacial score (nSPS) is 10.8. The van der Waals surface area contributed by atoms with Crippen molar-refractivity contribution in [1.29, 1.82) is 0 Å². The van der Waals surface area contributed by atoms with Crippen LogP contribution in [0.25, 0.3) is 10.6 Å². The number of benzene rings is 1. The van der Waals surface area contributed by atoms with Crippen LogP contribution in [0.5, 0.6) is 0 Å². The molecule has 0 aliphatic heterocycles. The zero-order chi connectivity index (χ0) is 17.1. The summed E-state index contributed by atoms with van der Waals surface area (Å²) in [6, 6.07) is 7.54. The SMILES string of the molecule is Cc1n[nH]c(C)c1CC(=O)OCc1csc(-c2ccccc2Cl)n1. The number of halogens is 1. The Kier molecular flexibility index (Phi) is 4.97. The van der Waals surface area contributed by atoms with Gasteiger partial charge in [-0.1, -0.05) is 29.8 Å². The fourth-order valence-electron chi connectivity index (χ4n) is 2.32. The molecule has 0 bridgehead atoms. The number of nitrogens with zero attached hydrogens (tertiary/aromatic N) is 2. The van der Waals surface area contributed by atoms with Gasteiger partial charge in [-0.25, -0.2) is 4.98 Å². The third-order valence-corrected chi connectivity index (χ3v) is 4.89. The summed E-state index contributed by atoms with van der Waals surface area (Å²) in [5.41, 5.74) is 4.18. The van der Waals surface area contributed by atoms with Gasteiger partial charge in [-0.05, 0) is 19.9 Å². The largest absolute Gasteiger partial charge is 0.459 e. The van der Waals surface area contributed by atoms with Crippen molar-refractivity contribution < 1.29 is 9.53 Å². The standard InChI is InChI=1S/C17H16ClN3O2S/c1-10-14(11(2)21-20-10)7-16(22)23-8-12-9-24-17(19-12)13-5-3-4-6-15(13)18/h3-6,9H,7-8H2,1-2H3,(H,20,21). The first kappa shape index (κ1) is 16.7. The fourth-order valence-corrected chi connectivity index (χ4v) is 3.44. The molecule has 0 spiro atoms. The lowest BCUT2D eigenvalue weighted by atomic mass is 10.1. The van der Waals surface area contributed by atoms with E-state index in [1.807, 2.05) is 43.5 Å². The zero-order valence-electron chi connectivity index (χ0n) is 13.3. The minimum Gasteiger partial charge on any atom is -0.459 e. The molecule has 0 saturated heterocycles. The number of carbonyl (C=O) groups is 1. The highest BCUT2D eigenvalue weighted by molar-refractivity contribution is 7.13. The van der Waals surface area contributed by atoms with Crippen LogP contribution < -0.4 is 0 Å². The minimum absolute atomic E-state index is 0.149. The number of hydrogen-bond acceptors (Lipinski definition) is 5. The molecule has 0 unspecified atom stereocenters. The number of H-pyrrole nitrogens is 1. The molecular formula is C17H16ClN3O2S. The molecule has 0 aliphatic carbocycles. The molecule has 1 aromatic carbocycles. The van der Waals surface area contributed by atoms with Gasteiger partial charge < -0.3 is 4.74 Å². The zero-order valence-corrected chi connectivity index (χ0v) is 14.9. The predicted octanol–water partition coefficient (Wildman–Crippen LogP) is 4.09. The van der Waals surface area contributed by atoms with Crippen molar-refractivity contribution in [2.24, 2.45) is 0 Å². The highest BCUT2D eigenvalue weighted by Gasteiger charge is 2.14. The lowest BCUT2D eigenvalue weighted by molar-refractivity contribution is -0.144. The van der Waals surface area contributed by atoms with E-state index < -0.39 is 0 Å². The second-order valence-electron chi connectivity index (χ2n) is 5.37. The Morgan fingerprint density at radius 2 is 2.12 bits per heavy atom. The number of aromatic nitrogens is 3. The van der Waals surface area contributed by atoms with Gasteiger partial charge in [-0.15, -0.1) is 11.3 Å². The first-order chi connectivity index (χ1) is 11.5. The number of thiazole rings is 1. The van der Waals surface area contributed by atoms with Crippen molar-refractivity contribution in [3.8, 4) is 10.6 Å². The van der Waals surface area contributed by atoms with E-state index in [0.29, 0.717) is 10.7 Å². The Morgan fingerprint density at radius 1 is 1.33 bits per heavy atom. The minimum atomic E-state index is -0.296. The summed E-state index contributed by atoms with van der Waals surface area (Å²) < 4.78 is 5.32. The van der Waals surface area contributed by atoms with Gasteiger partial charge in [-0.3, -0.25) is 9.89 Å². The number of rotatable bonds is 5. The molecule has 24 heavy (non-hydrogen) atoms. The first-order valence-electron chi connectivity index (χ1n) is 7.40. The van der Waals surface area contributed by atoms with Crippen molar-refractivity contribution in [3.05, 3.63) is 57.3 Å². The van der Waals surface area contributed by atoms with Gasteiger partial charge in [0, 0.05) is 22.2 Å². The Bertz CT molecular complexity index is 853. The number of aromatic amines is 1. The van der Waals surface area contributed by atoms with E-state index in [-0.39, 0.29) is 19.0 Å². The van der Waals surface area contributed by atoms with E-state index in [9.17, 15) is 4.79 Å². The van der Waals surface area contributed by atoms with Crippen LogP contribution in [-0.2, 0) is 22.6 Å². The van der Waals surface area contributed by atoms with Crippen LogP contribution in [-0.4, -0.2) is 21.2 Å². The van der Waals surface area contributed by atoms with Crippen LogP contribution in [0.4, 0.5) is 0 Å². The van der Waals surface area contributed by atoms with Gasteiger partial charge in [0.05, 0.1) is 22.8 Å².